The lowest BCUT2D eigenvalue weighted by Gasteiger charge is -2.13. The van der Waals surface area contributed by atoms with Crippen LogP contribution >= 0.6 is 22.6 Å². The first-order valence-corrected chi connectivity index (χ1v) is 5.01. The van der Waals surface area contributed by atoms with Crippen molar-refractivity contribution >= 4 is 28.6 Å². The molecule has 0 aliphatic rings. The first-order chi connectivity index (χ1) is 7.66. The van der Waals surface area contributed by atoms with Gasteiger partial charge in [-0.25, -0.2) is 13.6 Å². The van der Waals surface area contributed by atoms with Gasteiger partial charge in [-0.2, -0.15) is 13.2 Å². The zero-order valence-corrected chi connectivity index (χ0v) is 9.88. The minimum Gasteiger partial charge on any atom is -0.478 e. The second-order valence-corrected chi connectivity index (χ2v) is 3.93. The van der Waals surface area contributed by atoms with Gasteiger partial charge in [-0.15, -0.1) is 0 Å². The second-order valence-electron chi connectivity index (χ2n) is 2.85. The minimum atomic E-state index is -4.84. The van der Waals surface area contributed by atoms with Crippen LogP contribution in [0.4, 0.5) is 22.0 Å². The normalized spacial score (nSPS) is 11.9. The van der Waals surface area contributed by atoms with E-state index < -0.39 is 39.0 Å². The van der Waals surface area contributed by atoms with E-state index in [9.17, 15) is 26.7 Å². The maximum absolute atomic E-state index is 12.4. The Labute approximate surface area is 105 Å². The highest BCUT2D eigenvalue weighted by molar-refractivity contribution is 14.1. The van der Waals surface area contributed by atoms with E-state index in [0.29, 0.717) is 0 Å². The van der Waals surface area contributed by atoms with Crippen LogP contribution in [0.5, 0.6) is 0 Å². The van der Waals surface area contributed by atoms with Gasteiger partial charge in [0.05, 0.1) is 5.56 Å². The number of pyridine rings is 1. The summed E-state index contributed by atoms with van der Waals surface area (Å²) in [5, 5.41) is 8.64. The summed E-state index contributed by atoms with van der Waals surface area (Å²) in [6.07, 6.45) is -7.89. The van der Waals surface area contributed by atoms with E-state index in [1.54, 1.807) is 0 Å². The largest absolute Gasteiger partial charge is 0.478 e. The van der Waals surface area contributed by atoms with Gasteiger partial charge < -0.3 is 5.11 Å². The van der Waals surface area contributed by atoms with E-state index in [2.05, 4.69) is 4.98 Å². The third-order valence-corrected chi connectivity index (χ3v) is 2.89. The fourth-order valence-electron chi connectivity index (χ4n) is 1.07. The average Bonchev–Trinajstić information content (AvgIpc) is 2.13. The number of carboxylic acid groups (broad SMARTS) is 1. The topological polar surface area (TPSA) is 50.2 Å². The number of carbonyl (C=O) groups is 1. The molecule has 1 rings (SSSR count). The van der Waals surface area contributed by atoms with Gasteiger partial charge in [0.2, 0.25) is 0 Å². The number of aromatic nitrogens is 1. The first kappa shape index (κ1) is 14.1. The van der Waals surface area contributed by atoms with E-state index in [0.717, 1.165) is 22.6 Å². The SMILES string of the molecule is O=C(O)c1c(C(F)F)ncc(C(F)(F)F)c1I. The summed E-state index contributed by atoms with van der Waals surface area (Å²) in [5.41, 5.74) is -3.63. The van der Waals surface area contributed by atoms with Gasteiger partial charge in [0.15, 0.2) is 0 Å². The zero-order valence-electron chi connectivity index (χ0n) is 7.73. The molecule has 0 aliphatic carbocycles. The Bertz CT molecular complexity index is 460. The van der Waals surface area contributed by atoms with E-state index in [1.165, 1.54) is 0 Å². The van der Waals surface area contributed by atoms with Crippen molar-refractivity contribution in [3.05, 3.63) is 26.6 Å². The lowest BCUT2D eigenvalue weighted by molar-refractivity contribution is -0.138. The summed E-state index contributed by atoms with van der Waals surface area (Å²) >= 11 is 1.07. The number of nitrogens with zero attached hydrogens (tertiary/aromatic N) is 1. The first-order valence-electron chi connectivity index (χ1n) is 3.93. The third-order valence-electron chi connectivity index (χ3n) is 1.77. The van der Waals surface area contributed by atoms with Crippen LogP contribution in [0.1, 0.15) is 28.0 Å². The second kappa shape index (κ2) is 4.70. The number of hydrogen-bond donors (Lipinski definition) is 1. The molecule has 0 atom stereocenters. The van der Waals surface area contributed by atoms with Crippen LogP contribution in [0, 0.1) is 3.57 Å². The quantitative estimate of drug-likeness (QED) is 0.645. The van der Waals surface area contributed by atoms with Crippen molar-refractivity contribution in [1.82, 2.24) is 4.98 Å². The molecule has 1 N–H and O–H groups in total. The molecule has 3 nitrogen and oxygen atoms in total. The molecule has 1 aromatic rings. The van der Waals surface area contributed by atoms with Crippen molar-refractivity contribution in [2.24, 2.45) is 0 Å². The Morgan fingerprint density at radius 3 is 2.29 bits per heavy atom. The van der Waals surface area contributed by atoms with Gasteiger partial charge in [-0.3, -0.25) is 4.98 Å². The van der Waals surface area contributed by atoms with Gasteiger partial charge >= 0.3 is 12.1 Å². The molecule has 17 heavy (non-hydrogen) atoms. The Balaban J connectivity index is 3.56. The molecule has 94 valence electrons. The van der Waals surface area contributed by atoms with Gasteiger partial charge in [0, 0.05) is 9.77 Å². The molecule has 0 bridgehead atoms. The molecule has 0 radical (unpaired) electrons. The van der Waals surface area contributed by atoms with Gasteiger partial charge in [0.25, 0.3) is 6.43 Å². The molecule has 1 heterocycles. The average molecular weight is 367 g/mol. The van der Waals surface area contributed by atoms with E-state index in [-0.39, 0.29) is 6.20 Å². The van der Waals surface area contributed by atoms with Crippen LogP contribution in [0.25, 0.3) is 0 Å². The van der Waals surface area contributed by atoms with Crippen LogP contribution in [0.3, 0.4) is 0 Å². The lowest BCUT2D eigenvalue weighted by atomic mass is 10.1. The highest BCUT2D eigenvalue weighted by Crippen LogP contribution is 2.36. The Morgan fingerprint density at radius 2 is 1.94 bits per heavy atom. The minimum absolute atomic E-state index is 0.204. The number of carboxylic acids is 1. The molecule has 0 spiro atoms. The number of halogens is 6. The fourth-order valence-corrected chi connectivity index (χ4v) is 2.02. The Morgan fingerprint density at radius 1 is 1.41 bits per heavy atom. The lowest BCUT2D eigenvalue weighted by Crippen LogP contribution is -2.16. The van der Waals surface area contributed by atoms with E-state index in [1.807, 2.05) is 0 Å². The van der Waals surface area contributed by atoms with Crippen molar-refractivity contribution < 1.29 is 31.9 Å². The van der Waals surface area contributed by atoms with E-state index >= 15 is 0 Å². The van der Waals surface area contributed by atoms with Crippen LogP contribution in [0.15, 0.2) is 6.20 Å². The van der Waals surface area contributed by atoms with Crippen molar-refractivity contribution in [1.29, 1.82) is 0 Å². The summed E-state index contributed by atoms with van der Waals surface area (Å²) in [6, 6.07) is 0. The molecule has 0 saturated heterocycles. The number of alkyl halides is 5. The zero-order chi connectivity index (χ0) is 13.4. The Kier molecular flexibility index (Phi) is 3.89. The summed E-state index contributed by atoms with van der Waals surface area (Å²) in [7, 11) is 0. The summed E-state index contributed by atoms with van der Waals surface area (Å²) in [6.45, 7) is 0. The molecule has 0 fully saturated rings. The highest BCUT2D eigenvalue weighted by atomic mass is 127. The summed E-state index contributed by atoms with van der Waals surface area (Å²) in [4.78, 5) is 13.6. The Hall–Kier alpha value is -1.00. The molecule has 0 aliphatic heterocycles. The summed E-state index contributed by atoms with van der Waals surface area (Å²) in [5.74, 6) is -1.87. The standard InChI is InChI=1S/C8H3F5INO2/c9-6(10)5-3(7(16)17)4(14)2(1-15-5)8(11,12)13/h1,6H,(H,16,17). The molecule has 0 aromatic carbocycles. The molecule has 0 saturated carbocycles. The maximum Gasteiger partial charge on any atom is 0.418 e. The van der Waals surface area contributed by atoms with Crippen molar-refractivity contribution in [3.8, 4) is 0 Å². The fraction of sp³-hybridized carbons (Fsp3) is 0.250. The predicted octanol–water partition coefficient (Wildman–Crippen LogP) is 3.34. The third kappa shape index (κ3) is 2.82. The van der Waals surface area contributed by atoms with Crippen LogP contribution in [-0.2, 0) is 6.18 Å². The van der Waals surface area contributed by atoms with Crippen LogP contribution in [0.2, 0.25) is 0 Å². The smallest absolute Gasteiger partial charge is 0.418 e. The van der Waals surface area contributed by atoms with Crippen molar-refractivity contribution in [2.45, 2.75) is 12.6 Å². The molecule has 9 heteroatoms. The molecule has 1 aromatic heterocycles. The molecular weight excluding hydrogens is 364 g/mol. The number of hydrogen-bond acceptors (Lipinski definition) is 2. The monoisotopic (exact) mass is 367 g/mol. The highest BCUT2D eigenvalue weighted by Gasteiger charge is 2.37. The van der Waals surface area contributed by atoms with Gasteiger partial charge in [-0.05, 0) is 22.6 Å². The summed E-state index contributed by atoms with van der Waals surface area (Å²) < 4.78 is 61.2. The van der Waals surface area contributed by atoms with Crippen molar-refractivity contribution in [2.75, 3.05) is 0 Å². The van der Waals surface area contributed by atoms with Crippen molar-refractivity contribution in [3.63, 3.8) is 0 Å². The maximum atomic E-state index is 12.4. The number of aromatic carboxylic acids is 1. The van der Waals surface area contributed by atoms with Crippen LogP contribution in [-0.4, -0.2) is 16.1 Å². The number of rotatable bonds is 2. The molecular formula is C8H3F5INO2. The molecule has 0 unspecified atom stereocenters. The van der Waals surface area contributed by atoms with Crippen LogP contribution < -0.4 is 0 Å². The predicted molar refractivity (Wildman–Crippen MR) is 53.9 cm³/mol. The molecule has 0 amide bonds. The van der Waals surface area contributed by atoms with Gasteiger partial charge in [-0.1, -0.05) is 0 Å². The van der Waals surface area contributed by atoms with E-state index in [4.69, 9.17) is 5.11 Å². The van der Waals surface area contributed by atoms with Gasteiger partial charge in [0.1, 0.15) is 11.3 Å².